The first-order chi connectivity index (χ1) is 10.8. The summed E-state index contributed by atoms with van der Waals surface area (Å²) < 4.78 is 0. The number of hydroxylamine groups is 2. The summed E-state index contributed by atoms with van der Waals surface area (Å²) in [6.45, 7) is 8.65. The zero-order chi connectivity index (χ0) is 17.0. The molecule has 6 heteroatoms. The number of rotatable bonds is 3. The number of nitrogens with one attached hydrogen (secondary N) is 1. The molecular formula is C17H25N3O3. The first-order valence-corrected chi connectivity index (χ1v) is 7.95. The van der Waals surface area contributed by atoms with Gasteiger partial charge in [0.15, 0.2) is 0 Å². The van der Waals surface area contributed by atoms with Gasteiger partial charge in [0.1, 0.15) is 0 Å². The van der Waals surface area contributed by atoms with Gasteiger partial charge in [-0.25, -0.2) is 4.79 Å². The van der Waals surface area contributed by atoms with Crippen molar-refractivity contribution < 1.29 is 14.4 Å². The molecule has 0 aromatic carbocycles. The lowest BCUT2D eigenvalue weighted by molar-refractivity contribution is -0.204. The Morgan fingerprint density at radius 2 is 1.91 bits per heavy atom. The minimum absolute atomic E-state index is 0.0904. The quantitative estimate of drug-likeness (QED) is 0.923. The van der Waals surface area contributed by atoms with E-state index >= 15 is 0 Å². The molecule has 2 rings (SSSR count). The lowest BCUT2D eigenvalue weighted by Gasteiger charge is -2.32. The van der Waals surface area contributed by atoms with Crippen LogP contribution in [0.4, 0.5) is 0 Å². The molecule has 0 bridgehead atoms. The van der Waals surface area contributed by atoms with Crippen molar-refractivity contribution in [1.82, 2.24) is 15.4 Å². The molecule has 0 atom stereocenters. The molecule has 1 aliphatic heterocycles. The smallest absolute Gasteiger partial charge is 0.330 e. The van der Waals surface area contributed by atoms with Crippen molar-refractivity contribution in [2.45, 2.75) is 46.6 Å². The van der Waals surface area contributed by atoms with E-state index < -0.39 is 5.41 Å². The fraction of sp³-hybridized carbons (Fsp3) is 0.588. The maximum Gasteiger partial charge on any atom is 0.330 e. The molecule has 1 N–H and O–H groups in total. The highest BCUT2D eigenvalue weighted by molar-refractivity contribution is 5.94. The van der Waals surface area contributed by atoms with Crippen molar-refractivity contribution in [3.63, 3.8) is 0 Å². The second-order valence-electron chi connectivity index (χ2n) is 7.06. The lowest BCUT2D eigenvalue weighted by atomic mass is 9.98. The van der Waals surface area contributed by atoms with Gasteiger partial charge in [0.25, 0.3) is 5.91 Å². The third-order valence-corrected chi connectivity index (χ3v) is 3.75. The van der Waals surface area contributed by atoms with Gasteiger partial charge in [-0.1, -0.05) is 0 Å². The number of aryl methyl sites for hydroxylation is 1. The van der Waals surface area contributed by atoms with E-state index in [1.54, 1.807) is 17.5 Å². The molecule has 0 saturated carbocycles. The van der Waals surface area contributed by atoms with Crippen LogP contribution in [0.15, 0.2) is 18.5 Å². The summed E-state index contributed by atoms with van der Waals surface area (Å²) in [5.41, 5.74) is 1.02. The highest BCUT2D eigenvalue weighted by Crippen LogP contribution is 2.18. The first-order valence-electron chi connectivity index (χ1n) is 7.95. The molecule has 0 radical (unpaired) electrons. The Morgan fingerprint density at radius 3 is 2.48 bits per heavy atom. The number of carbonyl (C=O) groups excluding carboxylic acids is 2. The van der Waals surface area contributed by atoms with Crippen LogP contribution >= 0.6 is 0 Å². The van der Waals surface area contributed by atoms with Gasteiger partial charge in [-0.2, -0.15) is 0 Å². The Balaban J connectivity index is 1.81. The largest absolute Gasteiger partial charge is 0.367 e. The molecule has 1 fully saturated rings. The van der Waals surface area contributed by atoms with Crippen LogP contribution in [0.25, 0.3) is 0 Å². The summed E-state index contributed by atoms with van der Waals surface area (Å²) in [6.07, 6.45) is 4.80. The molecular weight excluding hydrogens is 294 g/mol. The number of nitrogens with zero attached hydrogens (tertiary/aromatic N) is 2. The van der Waals surface area contributed by atoms with E-state index in [9.17, 15) is 9.59 Å². The van der Waals surface area contributed by atoms with E-state index in [1.807, 2.05) is 33.8 Å². The average molecular weight is 319 g/mol. The Labute approximate surface area is 137 Å². The van der Waals surface area contributed by atoms with Gasteiger partial charge in [-0.15, -0.1) is 5.06 Å². The van der Waals surface area contributed by atoms with Crippen molar-refractivity contribution in [3.8, 4) is 0 Å². The minimum atomic E-state index is -0.511. The van der Waals surface area contributed by atoms with Crippen LogP contribution in [0.3, 0.4) is 0 Å². The van der Waals surface area contributed by atoms with Gasteiger partial charge in [-0.3, -0.25) is 9.78 Å². The maximum atomic E-state index is 12.2. The van der Waals surface area contributed by atoms with Gasteiger partial charge in [0, 0.05) is 31.5 Å². The molecule has 0 spiro atoms. The molecule has 0 aliphatic carbocycles. The van der Waals surface area contributed by atoms with E-state index in [1.165, 1.54) is 0 Å². The van der Waals surface area contributed by atoms with Crippen LogP contribution in [0.2, 0.25) is 0 Å². The number of amides is 1. The predicted octanol–water partition coefficient (Wildman–Crippen LogP) is 2.09. The Kier molecular flexibility index (Phi) is 5.36. The average Bonchev–Trinajstić information content (AvgIpc) is 2.48. The normalized spacial score (nSPS) is 16.9. The maximum absolute atomic E-state index is 12.2. The van der Waals surface area contributed by atoms with Gasteiger partial charge in [0.2, 0.25) is 0 Å². The summed E-state index contributed by atoms with van der Waals surface area (Å²) in [5.74, 6) is -0.336. The van der Waals surface area contributed by atoms with Gasteiger partial charge in [0.05, 0.1) is 11.0 Å². The molecule has 2 heterocycles. The van der Waals surface area contributed by atoms with Crippen molar-refractivity contribution in [1.29, 1.82) is 0 Å². The van der Waals surface area contributed by atoms with Gasteiger partial charge >= 0.3 is 5.97 Å². The second-order valence-corrected chi connectivity index (χ2v) is 7.06. The van der Waals surface area contributed by atoms with Crippen LogP contribution in [-0.2, 0) is 9.63 Å². The van der Waals surface area contributed by atoms with Gasteiger partial charge in [-0.05, 0) is 52.2 Å². The zero-order valence-corrected chi connectivity index (χ0v) is 14.3. The molecule has 1 saturated heterocycles. The summed E-state index contributed by atoms with van der Waals surface area (Å²) in [7, 11) is 0. The summed E-state index contributed by atoms with van der Waals surface area (Å²) in [5, 5.41) is 4.71. The number of piperidine rings is 1. The molecule has 1 amide bonds. The lowest BCUT2D eigenvalue weighted by Crippen LogP contribution is -2.46. The fourth-order valence-corrected chi connectivity index (χ4v) is 2.29. The summed E-state index contributed by atoms with van der Waals surface area (Å²) >= 11 is 0. The molecule has 1 aromatic heterocycles. The van der Waals surface area contributed by atoms with Crippen LogP contribution in [0.1, 0.15) is 49.5 Å². The zero-order valence-electron chi connectivity index (χ0n) is 14.3. The number of aromatic nitrogens is 1. The third kappa shape index (κ3) is 5.03. The van der Waals surface area contributed by atoms with Crippen LogP contribution in [0, 0.1) is 12.3 Å². The molecule has 23 heavy (non-hydrogen) atoms. The highest BCUT2D eigenvalue weighted by Gasteiger charge is 2.28. The van der Waals surface area contributed by atoms with Crippen LogP contribution in [-0.4, -0.2) is 41.1 Å². The predicted molar refractivity (Wildman–Crippen MR) is 86.6 cm³/mol. The van der Waals surface area contributed by atoms with Crippen LogP contribution in [0.5, 0.6) is 0 Å². The first kappa shape index (κ1) is 17.4. The topological polar surface area (TPSA) is 71.5 Å². The number of hydrogen-bond acceptors (Lipinski definition) is 5. The second kappa shape index (κ2) is 7.08. The Hall–Kier alpha value is -1.95. The van der Waals surface area contributed by atoms with Crippen molar-refractivity contribution in [2.75, 3.05) is 13.1 Å². The third-order valence-electron chi connectivity index (χ3n) is 3.75. The van der Waals surface area contributed by atoms with Crippen LogP contribution < -0.4 is 5.32 Å². The highest BCUT2D eigenvalue weighted by atomic mass is 16.7. The standard InChI is InChI=1S/C17H25N3O3/c1-12-9-13(11-18-10-12)15(21)19-14-5-7-20(8-6-14)23-16(22)17(2,3)4/h9-11,14H,5-8H2,1-4H3,(H,19,21). The SMILES string of the molecule is Cc1cncc(C(=O)NC2CCN(OC(=O)C(C)(C)C)CC2)c1. The molecule has 1 aliphatic rings. The number of hydrogen-bond donors (Lipinski definition) is 1. The molecule has 126 valence electrons. The van der Waals surface area contributed by atoms with E-state index in [0.29, 0.717) is 18.7 Å². The van der Waals surface area contributed by atoms with Crippen molar-refractivity contribution >= 4 is 11.9 Å². The number of pyridine rings is 1. The van der Waals surface area contributed by atoms with E-state index in [2.05, 4.69) is 10.3 Å². The molecule has 1 aromatic rings. The molecule has 0 unspecified atom stereocenters. The van der Waals surface area contributed by atoms with Gasteiger partial charge < -0.3 is 10.2 Å². The number of carbonyl (C=O) groups is 2. The van der Waals surface area contributed by atoms with Crippen molar-refractivity contribution in [3.05, 3.63) is 29.6 Å². The summed E-state index contributed by atoms with van der Waals surface area (Å²) in [4.78, 5) is 33.5. The fourth-order valence-electron chi connectivity index (χ4n) is 2.29. The Morgan fingerprint density at radius 1 is 1.26 bits per heavy atom. The minimum Gasteiger partial charge on any atom is -0.367 e. The van der Waals surface area contributed by atoms with E-state index in [4.69, 9.17) is 4.84 Å². The molecule has 6 nitrogen and oxygen atoms in total. The monoisotopic (exact) mass is 319 g/mol. The Bertz CT molecular complexity index is 573. The van der Waals surface area contributed by atoms with Crippen molar-refractivity contribution in [2.24, 2.45) is 5.41 Å². The summed E-state index contributed by atoms with van der Waals surface area (Å²) in [6, 6.07) is 1.91. The van der Waals surface area contributed by atoms with E-state index in [0.717, 1.165) is 18.4 Å². The van der Waals surface area contributed by atoms with E-state index in [-0.39, 0.29) is 17.9 Å².